The van der Waals surface area contributed by atoms with Crippen molar-refractivity contribution in [3.63, 3.8) is 0 Å². The minimum Gasteiger partial charge on any atom is -0.515 e. The number of halogens is 2. The molecule has 120 valence electrons. The smallest absolute Gasteiger partial charge is 0.341 e. The van der Waals surface area contributed by atoms with Crippen LogP contribution in [0.15, 0.2) is 53.6 Å². The molecule has 0 saturated carbocycles. The molecule has 1 N–H and O–H groups in total. The van der Waals surface area contributed by atoms with Gasteiger partial charge in [-0.05, 0) is 24.3 Å². The molecule has 0 heterocycles. The SMILES string of the molecule is COC(=O)C(=CO)c1ccccc1SCc1cc(F)ccc1F. The Morgan fingerprint density at radius 1 is 1.26 bits per heavy atom. The van der Waals surface area contributed by atoms with Gasteiger partial charge < -0.3 is 9.84 Å². The molecule has 0 radical (unpaired) electrons. The first kappa shape index (κ1) is 17.0. The molecule has 0 saturated heterocycles. The maximum absolute atomic E-state index is 13.7. The molecule has 2 aromatic rings. The Hall–Kier alpha value is -2.34. The Balaban J connectivity index is 2.27. The molecule has 2 rings (SSSR count). The molecule has 0 bridgehead atoms. The van der Waals surface area contributed by atoms with E-state index in [1.54, 1.807) is 24.3 Å². The van der Waals surface area contributed by atoms with Crippen LogP contribution in [0, 0.1) is 11.6 Å². The Kier molecular flexibility index (Phi) is 5.76. The largest absolute Gasteiger partial charge is 0.515 e. The highest BCUT2D eigenvalue weighted by atomic mass is 32.2. The van der Waals surface area contributed by atoms with Crippen LogP contribution in [0.25, 0.3) is 5.57 Å². The molecule has 0 amide bonds. The molecule has 0 aliphatic heterocycles. The lowest BCUT2D eigenvalue weighted by Crippen LogP contribution is -2.05. The summed E-state index contributed by atoms with van der Waals surface area (Å²) in [6, 6.07) is 10.1. The van der Waals surface area contributed by atoms with Crippen LogP contribution < -0.4 is 0 Å². The summed E-state index contributed by atoms with van der Waals surface area (Å²) in [7, 11) is 1.21. The van der Waals surface area contributed by atoms with Crippen LogP contribution in [0.2, 0.25) is 0 Å². The number of rotatable bonds is 5. The Bertz CT molecular complexity index is 744. The molecule has 0 spiro atoms. The summed E-state index contributed by atoms with van der Waals surface area (Å²) in [5, 5.41) is 9.29. The minimum absolute atomic E-state index is 0.00434. The van der Waals surface area contributed by atoms with Gasteiger partial charge in [-0.1, -0.05) is 18.2 Å². The van der Waals surface area contributed by atoms with Crippen molar-refractivity contribution >= 4 is 23.3 Å². The van der Waals surface area contributed by atoms with Crippen LogP contribution in [0.1, 0.15) is 11.1 Å². The number of methoxy groups -OCH3 is 1. The Labute approximate surface area is 136 Å². The van der Waals surface area contributed by atoms with E-state index in [2.05, 4.69) is 4.74 Å². The summed E-state index contributed by atoms with van der Waals surface area (Å²) in [4.78, 5) is 12.3. The van der Waals surface area contributed by atoms with E-state index in [1.807, 2.05) is 0 Å². The van der Waals surface area contributed by atoms with Gasteiger partial charge in [-0.15, -0.1) is 11.8 Å². The highest BCUT2D eigenvalue weighted by Gasteiger charge is 2.17. The van der Waals surface area contributed by atoms with E-state index >= 15 is 0 Å². The van der Waals surface area contributed by atoms with E-state index in [0.717, 1.165) is 18.2 Å². The second-order valence-corrected chi connectivity index (χ2v) is 5.57. The molecule has 0 aliphatic carbocycles. The Morgan fingerprint density at radius 2 is 2.00 bits per heavy atom. The number of esters is 1. The van der Waals surface area contributed by atoms with Crippen molar-refractivity contribution in [3.05, 3.63) is 71.5 Å². The second-order valence-electron chi connectivity index (χ2n) is 4.55. The van der Waals surface area contributed by atoms with E-state index in [-0.39, 0.29) is 16.9 Å². The first-order valence-corrected chi connectivity index (χ1v) is 7.64. The third kappa shape index (κ3) is 4.10. The number of hydrogen-bond acceptors (Lipinski definition) is 4. The molecule has 0 aliphatic rings. The summed E-state index contributed by atoms with van der Waals surface area (Å²) in [6.45, 7) is 0. The van der Waals surface area contributed by atoms with Gasteiger partial charge >= 0.3 is 5.97 Å². The predicted octanol–water partition coefficient (Wildman–Crippen LogP) is 4.33. The lowest BCUT2D eigenvalue weighted by atomic mass is 10.1. The molecule has 3 nitrogen and oxygen atoms in total. The third-order valence-corrected chi connectivity index (χ3v) is 4.22. The number of aliphatic hydroxyl groups is 1. The number of benzene rings is 2. The maximum Gasteiger partial charge on any atom is 0.341 e. The van der Waals surface area contributed by atoms with Crippen LogP contribution in [-0.4, -0.2) is 18.2 Å². The molecule has 2 aromatic carbocycles. The van der Waals surface area contributed by atoms with Crippen LogP contribution in [-0.2, 0) is 15.3 Å². The summed E-state index contributed by atoms with van der Waals surface area (Å²) >= 11 is 1.23. The molecular weight excluding hydrogens is 322 g/mol. The molecule has 0 fully saturated rings. The van der Waals surface area contributed by atoms with Gasteiger partial charge in [-0.25, -0.2) is 13.6 Å². The number of carbonyl (C=O) groups excluding carboxylic acids is 1. The molecule has 6 heteroatoms. The van der Waals surface area contributed by atoms with Crippen LogP contribution in [0.5, 0.6) is 0 Å². The summed E-state index contributed by atoms with van der Waals surface area (Å²) in [6.07, 6.45) is 0.675. The zero-order valence-electron chi connectivity index (χ0n) is 12.3. The lowest BCUT2D eigenvalue weighted by molar-refractivity contribution is -0.133. The topological polar surface area (TPSA) is 46.5 Å². The standard InChI is InChI=1S/C17H14F2O3S/c1-22-17(21)14(9-20)13-4-2-3-5-16(13)23-10-11-8-12(18)6-7-15(11)19/h2-9,20H,10H2,1H3. The zero-order valence-corrected chi connectivity index (χ0v) is 13.1. The van der Waals surface area contributed by atoms with Crippen LogP contribution in [0.3, 0.4) is 0 Å². The number of thioether (sulfide) groups is 1. The summed E-state index contributed by atoms with van der Waals surface area (Å²) < 4.78 is 31.5. The van der Waals surface area contributed by atoms with Gasteiger partial charge in [0.05, 0.1) is 13.4 Å². The van der Waals surface area contributed by atoms with Crippen molar-refractivity contribution in [2.75, 3.05) is 7.11 Å². The van der Waals surface area contributed by atoms with E-state index in [1.165, 1.54) is 18.9 Å². The van der Waals surface area contributed by atoms with E-state index in [0.29, 0.717) is 16.7 Å². The molecule has 0 unspecified atom stereocenters. The maximum atomic E-state index is 13.7. The van der Waals surface area contributed by atoms with Crippen molar-refractivity contribution in [1.29, 1.82) is 0 Å². The average molecular weight is 336 g/mol. The fourth-order valence-electron chi connectivity index (χ4n) is 1.97. The predicted molar refractivity (Wildman–Crippen MR) is 85.0 cm³/mol. The normalized spacial score (nSPS) is 11.3. The summed E-state index contributed by atoms with van der Waals surface area (Å²) in [5.41, 5.74) is 0.677. The number of aliphatic hydroxyl groups excluding tert-OH is 1. The fraction of sp³-hybridized carbons (Fsp3) is 0.118. The van der Waals surface area contributed by atoms with Gasteiger partial charge in [-0.3, -0.25) is 0 Å². The highest BCUT2D eigenvalue weighted by molar-refractivity contribution is 7.98. The fourth-order valence-corrected chi connectivity index (χ4v) is 3.01. The monoisotopic (exact) mass is 336 g/mol. The van der Waals surface area contributed by atoms with Crippen molar-refractivity contribution in [3.8, 4) is 0 Å². The van der Waals surface area contributed by atoms with Gasteiger partial charge in [0, 0.05) is 21.8 Å². The van der Waals surface area contributed by atoms with Gasteiger partial charge in [0.25, 0.3) is 0 Å². The van der Waals surface area contributed by atoms with E-state index < -0.39 is 17.6 Å². The van der Waals surface area contributed by atoms with Gasteiger partial charge in [0.1, 0.15) is 17.2 Å². The van der Waals surface area contributed by atoms with Crippen molar-refractivity contribution < 1.29 is 23.4 Å². The first-order valence-electron chi connectivity index (χ1n) is 6.65. The number of hydrogen-bond donors (Lipinski definition) is 1. The zero-order chi connectivity index (χ0) is 16.8. The lowest BCUT2D eigenvalue weighted by Gasteiger charge is -2.11. The van der Waals surface area contributed by atoms with Gasteiger partial charge in [0.2, 0.25) is 0 Å². The van der Waals surface area contributed by atoms with Crippen LogP contribution >= 0.6 is 11.8 Å². The minimum atomic E-state index is -0.683. The summed E-state index contributed by atoms with van der Waals surface area (Å²) in [5.74, 6) is -1.51. The van der Waals surface area contributed by atoms with Gasteiger partial charge in [0.15, 0.2) is 0 Å². The van der Waals surface area contributed by atoms with Crippen molar-refractivity contribution in [2.45, 2.75) is 10.6 Å². The van der Waals surface area contributed by atoms with Crippen molar-refractivity contribution in [2.24, 2.45) is 0 Å². The highest BCUT2D eigenvalue weighted by Crippen LogP contribution is 2.31. The van der Waals surface area contributed by atoms with Crippen LogP contribution in [0.4, 0.5) is 8.78 Å². The quantitative estimate of drug-likeness (QED) is 0.382. The number of ether oxygens (including phenoxy) is 1. The first-order chi connectivity index (χ1) is 11.1. The molecule has 0 aromatic heterocycles. The van der Waals surface area contributed by atoms with Gasteiger partial charge in [-0.2, -0.15) is 0 Å². The number of carbonyl (C=O) groups is 1. The Morgan fingerprint density at radius 3 is 2.70 bits per heavy atom. The third-order valence-electron chi connectivity index (χ3n) is 3.10. The van der Waals surface area contributed by atoms with Crippen molar-refractivity contribution in [1.82, 2.24) is 0 Å². The second kappa shape index (κ2) is 7.78. The van der Waals surface area contributed by atoms with E-state index in [9.17, 15) is 18.7 Å². The molecule has 0 atom stereocenters. The molecule has 23 heavy (non-hydrogen) atoms. The average Bonchev–Trinajstić information content (AvgIpc) is 2.57. The molecular formula is C17H14F2O3S. The van der Waals surface area contributed by atoms with E-state index in [4.69, 9.17) is 0 Å².